The van der Waals surface area contributed by atoms with E-state index in [0.717, 1.165) is 90.1 Å². The number of hydrogen-bond donors (Lipinski definition) is 2. The molecule has 0 radical (unpaired) electrons. The smallest absolute Gasteiger partial charge is 0.164 e. The predicted octanol–water partition coefficient (Wildman–Crippen LogP) is 4.58. The Kier molecular flexibility index (Phi) is 6.48. The quantitative estimate of drug-likeness (QED) is 0.332. The first-order valence-electron chi connectivity index (χ1n) is 13.6. The van der Waals surface area contributed by atoms with Gasteiger partial charge < -0.3 is 15.6 Å². The minimum atomic E-state index is -0.791. The van der Waals surface area contributed by atoms with E-state index in [4.69, 9.17) is 15.6 Å². The molecule has 0 spiro atoms. The number of rotatable bonds is 5. The first-order valence-corrected chi connectivity index (χ1v) is 14.4. The van der Waals surface area contributed by atoms with Crippen molar-refractivity contribution in [3.05, 3.63) is 65.4 Å². The number of nitrogens with zero attached hydrogens (tertiary/aromatic N) is 6. The Hall–Kier alpha value is -3.44. The molecule has 2 aliphatic rings. The summed E-state index contributed by atoms with van der Waals surface area (Å²) in [5, 5.41) is 17.6. The number of aliphatic hydroxyl groups is 1. The van der Waals surface area contributed by atoms with Gasteiger partial charge in [-0.2, -0.15) is 5.10 Å². The van der Waals surface area contributed by atoms with Crippen LogP contribution in [0, 0.1) is 0 Å². The summed E-state index contributed by atoms with van der Waals surface area (Å²) < 4.78 is 8.68. The molecular formula is C29H31N7O2S. The molecule has 7 rings (SSSR count). The maximum Gasteiger partial charge on any atom is 0.164 e. The molecule has 200 valence electrons. The molecule has 3 aromatic heterocycles. The Morgan fingerprint density at radius 3 is 2.46 bits per heavy atom. The lowest BCUT2D eigenvalue weighted by molar-refractivity contribution is 0.00520. The number of para-hydroxylation sites is 1. The maximum absolute atomic E-state index is 11.0. The highest BCUT2D eigenvalue weighted by Crippen LogP contribution is 2.38. The molecule has 5 aromatic rings. The number of aliphatic hydroxyl groups excluding tert-OH is 1. The van der Waals surface area contributed by atoms with Crippen molar-refractivity contribution in [3.8, 4) is 11.3 Å². The van der Waals surface area contributed by atoms with E-state index in [1.165, 1.54) is 17.7 Å². The molecular weight excluding hydrogens is 510 g/mol. The molecule has 9 nitrogen and oxygen atoms in total. The number of nitrogens with two attached hydrogens (primary N) is 1. The van der Waals surface area contributed by atoms with Crippen LogP contribution in [0.25, 0.3) is 32.5 Å². The van der Waals surface area contributed by atoms with Gasteiger partial charge in [0.2, 0.25) is 0 Å². The fraction of sp³-hybridized carbons (Fsp3) is 0.379. The van der Waals surface area contributed by atoms with Gasteiger partial charge in [0.15, 0.2) is 5.65 Å². The number of nitrogen functional groups attached to an aromatic ring is 1. The number of hydrogen-bond acceptors (Lipinski definition) is 9. The van der Waals surface area contributed by atoms with E-state index in [-0.39, 0.29) is 6.04 Å². The molecule has 0 bridgehead atoms. The second kappa shape index (κ2) is 10.3. The fourth-order valence-corrected chi connectivity index (χ4v) is 7.02. The van der Waals surface area contributed by atoms with Crippen LogP contribution in [-0.2, 0) is 4.74 Å². The zero-order valence-corrected chi connectivity index (χ0v) is 22.4. The molecule has 10 heteroatoms. The van der Waals surface area contributed by atoms with Gasteiger partial charge in [-0.05, 0) is 43.4 Å². The zero-order valence-electron chi connectivity index (χ0n) is 21.6. The third-order valence-corrected chi connectivity index (χ3v) is 9.23. The van der Waals surface area contributed by atoms with Gasteiger partial charge in [-0.25, -0.2) is 19.6 Å². The Morgan fingerprint density at radius 1 is 0.949 bits per heavy atom. The topological polar surface area (TPSA) is 115 Å². The number of aromatic nitrogens is 5. The maximum atomic E-state index is 11.0. The summed E-state index contributed by atoms with van der Waals surface area (Å²) in [5.41, 5.74) is 10.5. The van der Waals surface area contributed by atoms with E-state index >= 15 is 0 Å². The summed E-state index contributed by atoms with van der Waals surface area (Å²) in [5.74, 6) is 0.432. The van der Waals surface area contributed by atoms with Gasteiger partial charge >= 0.3 is 0 Å². The summed E-state index contributed by atoms with van der Waals surface area (Å²) >= 11 is 1.51. The van der Waals surface area contributed by atoms with E-state index in [1.54, 1.807) is 0 Å². The second-order valence-electron chi connectivity index (χ2n) is 10.4. The number of fused-ring (bicyclic) bond motifs is 2. The van der Waals surface area contributed by atoms with Crippen LogP contribution in [0.15, 0.2) is 54.9 Å². The van der Waals surface area contributed by atoms with Crippen molar-refractivity contribution in [2.75, 3.05) is 32.0 Å². The molecule has 1 aliphatic heterocycles. The summed E-state index contributed by atoms with van der Waals surface area (Å²) in [4.78, 5) is 16.1. The van der Waals surface area contributed by atoms with Crippen LogP contribution in [-0.4, -0.2) is 67.1 Å². The lowest BCUT2D eigenvalue weighted by atomic mass is 9.90. The molecule has 1 unspecified atom stereocenters. The van der Waals surface area contributed by atoms with Crippen molar-refractivity contribution in [1.82, 2.24) is 29.6 Å². The minimum absolute atomic E-state index is 0.271. The fourth-order valence-electron chi connectivity index (χ4n) is 6.04. The molecule has 1 atom stereocenters. The Balaban J connectivity index is 1.16. The molecule has 1 aliphatic carbocycles. The van der Waals surface area contributed by atoms with E-state index < -0.39 is 6.10 Å². The van der Waals surface area contributed by atoms with Gasteiger partial charge in [-0.15, -0.1) is 11.3 Å². The van der Waals surface area contributed by atoms with Crippen LogP contribution in [0.5, 0.6) is 0 Å². The second-order valence-corrected chi connectivity index (χ2v) is 11.5. The Bertz CT molecular complexity index is 1570. The molecule has 1 saturated heterocycles. The molecule has 2 fully saturated rings. The normalized spacial score (nSPS) is 21.5. The third kappa shape index (κ3) is 4.57. The standard InChI is InChI=1S/C29H31N7O2S/c30-27-24-25(18-5-7-19(8-6-18)26(37)29-33-22-3-1-2-4-23(22)39-29)34-36(28(24)32-17-31-27)21-11-9-20(10-12-21)35-13-15-38-16-14-35/h1-8,17,20-21,26,37H,9-16H2,(H2,30,31,32). The molecule has 39 heavy (non-hydrogen) atoms. The van der Waals surface area contributed by atoms with E-state index in [0.29, 0.717) is 16.9 Å². The molecule has 2 aromatic carbocycles. The van der Waals surface area contributed by atoms with Crippen molar-refractivity contribution < 1.29 is 9.84 Å². The van der Waals surface area contributed by atoms with Gasteiger partial charge in [0.1, 0.15) is 29.0 Å². The monoisotopic (exact) mass is 541 g/mol. The van der Waals surface area contributed by atoms with Crippen molar-refractivity contribution in [3.63, 3.8) is 0 Å². The highest BCUT2D eigenvalue weighted by atomic mass is 32.1. The summed E-state index contributed by atoms with van der Waals surface area (Å²) in [6, 6.07) is 16.7. The number of anilines is 1. The van der Waals surface area contributed by atoms with E-state index in [9.17, 15) is 5.11 Å². The lowest BCUT2D eigenvalue weighted by Crippen LogP contribution is -2.45. The van der Waals surface area contributed by atoms with Crippen LogP contribution in [0.3, 0.4) is 0 Å². The summed E-state index contributed by atoms with van der Waals surface area (Å²) in [6.45, 7) is 3.72. The predicted molar refractivity (Wildman–Crippen MR) is 153 cm³/mol. The SMILES string of the molecule is Nc1ncnc2c1c(-c1ccc(C(O)c3nc4ccccc4s3)cc1)nn2C1CCC(N2CCOCC2)CC1. The minimum Gasteiger partial charge on any atom is -0.383 e. The van der Waals surface area contributed by atoms with Crippen molar-refractivity contribution in [2.24, 2.45) is 0 Å². The number of thiazole rings is 1. The average molecular weight is 542 g/mol. The van der Waals surface area contributed by atoms with Crippen LogP contribution in [0.4, 0.5) is 5.82 Å². The summed E-state index contributed by atoms with van der Waals surface area (Å²) in [7, 11) is 0. The zero-order chi connectivity index (χ0) is 26.3. The van der Waals surface area contributed by atoms with Gasteiger partial charge in [-0.3, -0.25) is 4.90 Å². The van der Waals surface area contributed by atoms with Crippen LogP contribution in [0.1, 0.15) is 48.4 Å². The van der Waals surface area contributed by atoms with Gasteiger partial charge in [-0.1, -0.05) is 36.4 Å². The molecule has 4 heterocycles. The summed E-state index contributed by atoms with van der Waals surface area (Å²) in [6.07, 6.45) is 5.11. The first-order chi connectivity index (χ1) is 19.2. The Morgan fingerprint density at radius 2 is 1.69 bits per heavy atom. The number of ether oxygens (including phenoxy) is 1. The largest absolute Gasteiger partial charge is 0.383 e. The Labute approximate surface area is 230 Å². The van der Waals surface area contributed by atoms with Gasteiger partial charge in [0.05, 0.1) is 34.9 Å². The molecule has 1 saturated carbocycles. The van der Waals surface area contributed by atoms with Crippen molar-refractivity contribution in [1.29, 1.82) is 0 Å². The van der Waals surface area contributed by atoms with Crippen molar-refractivity contribution in [2.45, 2.75) is 43.9 Å². The highest BCUT2D eigenvalue weighted by molar-refractivity contribution is 7.18. The average Bonchev–Trinajstić information content (AvgIpc) is 3.61. The molecule has 0 amide bonds. The lowest BCUT2D eigenvalue weighted by Gasteiger charge is -2.38. The van der Waals surface area contributed by atoms with Gasteiger partial charge in [0.25, 0.3) is 0 Å². The number of benzene rings is 2. The van der Waals surface area contributed by atoms with Gasteiger partial charge in [0, 0.05) is 24.7 Å². The van der Waals surface area contributed by atoms with Crippen LogP contribution < -0.4 is 5.73 Å². The first kappa shape index (κ1) is 24.6. The number of morpholine rings is 1. The van der Waals surface area contributed by atoms with Crippen molar-refractivity contribution >= 4 is 38.4 Å². The van der Waals surface area contributed by atoms with Crippen LogP contribution >= 0.6 is 11.3 Å². The highest BCUT2D eigenvalue weighted by Gasteiger charge is 2.30. The molecule has 3 N–H and O–H groups in total. The van der Waals surface area contributed by atoms with E-state index in [1.807, 2.05) is 48.5 Å². The van der Waals surface area contributed by atoms with Crippen LogP contribution in [0.2, 0.25) is 0 Å². The third-order valence-electron chi connectivity index (χ3n) is 8.14. The van der Waals surface area contributed by atoms with E-state index in [2.05, 4.69) is 24.5 Å².